The lowest BCUT2D eigenvalue weighted by atomic mass is 9.87. The fraction of sp³-hybridized carbons (Fsp3) is 0.185. The molecule has 3 heterocycles. The summed E-state index contributed by atoms with van der Waals surface area (Å²) in [6.45, 7) is 2.54. The van der Waals surface area contributed by atoms with Gasteiger partial charge in [-0.15, -0.1) is 11.3 Å². The molecule has 178 valence electrons. The van der Waals surface area contributed by atoms with E-state index in [9.17, 15) is 5.11 Å². The van der Waals surface area contributed by atoms with Crippen LogP contribution < -0.4 is 9.47 Å². The van der Waals surface area contributed by atoms with Gasteiger partial charge in [-0.05, 0) is 60.0 Å². The molecule has 0 amide bonds. The number of fused-ring (bicyclic) bond motifs is 1. The first-order valence-electron chi connectivity index (χ1n) is 11.1. The maximum atomic E-state index is 12.3. The van der Waals surface area contributed by atoms with Gasteiger partial charge in [0.15, 0.2) is 5.60 Å². The molecule has 1 unspecified atom stereocenters. The number of aliphatic hydroxyl groups is 1. The van der Waals surface area contributed by atoms with Crippen LogP contribution in [-0.4, -0.2) is 33.4 Å². The first-order valence-corrected chi connectivity index (χ1v) is 12.3. The second kappa shape index (κ2) is 9.34. The number of aryl methyl sites for hydroxylation is 1. The van der Waals surface area contributed by atoms with E-state index in [1.165, 1.54) is 11.3 Å². The zero-order valence-corrected chi connectivity index (χ0v) is 21.1. The maximum absolute atomic E-state index is 12.3. The lowest BCUT2D eigenvalue weighted by Gasteiger charge is -2.28. The van der Waals surface area contributed by atoms with Gasteiger partial charge in [-0.1, -0.05) is 29.8 Å². The van der Waals surface area contributed by atoms with Crippen molar-refractivity contribution in [3.05, 3.63) is 93.7 Å². The minimum Gasteiger partial charge on any atom is -0.494 e. The number of imidazole rings is 1. The highest BCUT2D eigenvalue weighted by atomic mass is 35.5. The Morgan fingerprint density at radius 3 is 2.66 bits per heavy atom. The van der Waals surface area contributed by atoms with E-state index in [-0.39, 0.29) is 0 Å². The maximum Gasteiger partial charge on any atom is 0.214 e. The summed E-state index contributed by atoms with van der Waals surface area (Å²) in [5, 5.41) is 13.1. The normalized spacial score (nSPS) is 13.1. The van der Waals surface area contributed by atoms with Crippen LogP contribution in [0.15, 0.2) is 73.2 Å². The van der Waals surface area contributed by atoms with Crippen molar-refractivity contribution < 1.29 is 14.6 Å². The van der Waals surface area contributed by atoms with E-state index in [4.69, 9.17) is 21.1 Å². The van der Waals surface area contributed by atoms with Crippen molar-refractivity contribution in [2.45, 2.75) is 12.5 Å². The van der Waals surface area contributed by atoms with Gasteiger partial charge >= 0.3 is 0 Å². The van der Waals surface area contributed by atoms with Crippen molar-refractivity contribution in [2.24, 2.45) is 7.05 Å². The Kier molecular flexibility index (Phi) is 6.23. The highest BCUT2D eigenvalue weighted by Gasteiger charge is 2.38. The number of hydrogen-bond donors (Lipinski definition) is 1. The summed E-state index contributed by atoms with van der Waals surface area (Å²) in [5.41, 5.74) is 2.50. The Labute approximate surface area is 212 Å². The molecular weight excluding hydrogens is 482 g/mol. The fourth-order valence-corrected chi connectivity index (χ4v) is 5.49. The molecule has 0 aliphatic rings. The van der Waals surface area contributed by atoms with Crippen LogP contribution in [0.25, 0.3) is 22.0 Å². The van der Waals surface area contributed by atoms with Crippen LogP contribution in [0.5, 0.6) is 11.6 Å². The monoisotopic (exact) mass is 505 g/mol. The van der Waals surface area contributed by atoms with Gasteiger partial charge in [0, 0.05) is 23.4 Å². The third kappa shape index (κ3) is 4.16. The summed E-state index contributed by atoms with van der Waals surface area (Å²) < 4.78 is 13.6. The number of hydrogen-bond acceptors (Lipinski definition) is 6. The van der Waals surface area contributed by atoms with Crippen LogP contribution in [-0.2, 0) is 12.6 Å². The van der Waals surface area contributed by atoms with Crippen molar-refractivity contribution in [3.63, 3.8) is 0 Å². The molecule has 0 bridgehead atoms. The molecule has 8 heteroatoms. The van der Waals surface area contributed by atoms with Gasteiger partial charge in [0.1, 0.15) is 5.75 Å². The van der Waals surface area contributed by atoms with Gasteiger partial charge in [0.05, 0.1) is 41.8 Å². The molecule has 1 N–H and O–H groups in total. The number of benzene rings is 2. The SMILES string of the molecule is CCOc1cccc(-c2cc(OC)nc3ccc(C(O)(c4ccc(Cl)s4)c4cncn4C)cc23)c1. The van der Waals surface area contributed by atoms with E-state index >= 15 is 0 Å². The van der Waals surface area contributed by atoms with Crippen LogP contribution in [0.3, 0.4) is 0 Å². The van der Waals surface area contributed by atoms with Crippen LogP contribution in [0.4, 0.5) is 0 Å². The summed E-state index contributed by atoms with van der Waals surface area (Å²) in [4.78, 5) is 9.60. The topological polar surface area (TPSA) is 69.4 Å². The predicted molar refractivity (Wildman–Crippen MR) is 140 cm³/mol. The van der Waals surface area contributed by atoms with E-state index in [2.05, 4.69) is 9.97 Å². The number of thiophene rings is 1. The van der Waals surface area contributed by atoms with E-state index < -0.39 is 5.60 Å². The Hall–Kier alpha value is -3.39. The van der Waals surface area contributed by atoms with Crippen molar-refractivity contribution >= 4 is 33.8 Å². The molecule has 0 spiro atoms. The van der Waals surface area contributed by atoms with Gasteiger partial charge < -0.3 is 19.1 Å². The molecule has 5 aromatic rings. The van der Waals surface area contributed by atoms with Crippen molar-refractivity contribution in [3.8, 4) is 22.8 Å². The Bertz CT molecular complexity index is 1510. The van der Waals surface area contributed by atoms with Gasteiger partial charge in [-0.2, -0.15) is 0 Å². The van der Waals surface area contributed by atoms with E-state index in [0.29, 0.717) is 33.0 Å². The smallest absolute Gasteiger partial charge is 0.214 e. The molecular formula is C27H24ClN3O3S. The van der Waals surface area contributed by atoms with Crippen LogP contribution >= 0.6 is 22.9 Å². The molecule has 1 atom stereocenters. The van der Waals surface area contributed by atoms with Gasteiger partial charge in [-0.25, -0.2) is 9.97 Å². The molecule has 0 aliphatic heterocycles. The Morgan fingerprint density at radius 2 is 1.97 bits per heavy atom. The molecule has 0 fully saturated rings. The number of ether oxygens (including phenoxy) is 2. The average molecular weight is 506 g/mol. The number of rotatable bonds is 7. The highest BCUT2D eigenvalue weighted by Crippen LogP contribution is 2.43. The van der Waals surface area contributed by atoms with Crippen molar-refractivity contribution in [1.82, 2.24) is 14.5 Å². The molecule has 6 nitrogen and oxygen atoms in total. The molecule has 3 aromatic heterocycles. The molecule has 5 rings (SSSR count). The summed E-state index contributed by atoms with van der Waals surface area (Å²) in [7, 11) is 3.46. The molecule has 0 aliphatic carbocycles. The summed E-state index contributed by atoms with van der Waals surface area (Å²) in [6.07, 6.45) is 3.35. The van der Waals surface area contributed by atoms with Gasteiger partial charge in [0.2, 0.25) is 5.88 Å². The van der Waals surface area contributed by atoms with Crippen LogP contribution in [0, 0.1) is 0 Å². The van der Waals surface area contributed by atoms with Crippen LogP contribution in [0.2, 0.25) is 4.34 Å². The summed E-state index contributed by atoms with van der Waals surface area (Å²) in [6, 6.07) is 19.2. The lowest BCUT2D eigenvalue weighted by molar-refractivity contribution is 0.121. The molecule has 0 saturated carbocycles. The third-order valence-corrected chi connectivity index (χ3v) is 7.33. The lowest BCUT2D eigenvalue weighted by Crippen LogP contribution is -2.30. The Balaban J connectivity index is 1.77. The Morgan fingerprint density at radius 1 is 1.11 bits per heavy atom. The van der Waals surface area contributed by atoms with Crippen molar-refractivity contribution in [2.75, 3.05) is 13.7 Å². The highest BCUT2D eigenvalue weighted by molar-refractivity contribution is 7.16. The van der Waals surface area contributed by atoms with E-state index in [1.54, 1.807) is 25.7 Å². The number of methoxy groups -OCH3 is 1. The largest absolute Gasteiger partial charge is 0.494 e. The zero-order valence-electron chi connectivity index (χ0n) is 19.5. The summed E-state index contributed by atoms with van der Waals surface area (Å²) in [5.74, 6) is 1.29. The van der Waals surface area contributed by atoms with Gasteiger partial charge in [-0.3, -0.25) is 0 Å². The van der Waals surface area contributed by atoms with Crippen molar-refractivity contribution in [1.29, 1.82) is 0 Å². The fourth-order valence-electron chi connectivity index (χ4n) is 4.32. The van der Waals surface area contributed by atoms with E-state index in [1.807, 2.05) is 73.1 Å². The van der Waals surface area contributed by atoms with E-state index in [0.717, 1.165) is 27.8 Å². The molecule has 2 aromatic carbocycles. The molecule has 0 saturated heterocycles. The average Bonchev–Trinajstić information content (AvgIpc) is 3.51. The minimum absolute atomic E-state index is 0.508. The standard InChI is InChI=1S/C27H24ClN3O3S/c1-4-34-19-7-5-6-17(12-19)20-14-26(33-3)30-22-9-8-18(13-21(20)22)27(32,23-15-29-16-31(23)2)24-10-11-25(28)35-24/h5-16,32H,4H2,1-3H3. The molecule has 35 heavy (non-hydrogen) atoms. The number of pyridine rings is 1. The van der Waals surface area contributed by atoms with Crippen LogP contribution in [0.1, 0.15) is 23.1 Å². The first-order chi connectivity index (χ1) is 16.9. The number of nitrogens with zero attached hydrogens (tertiary/aromatic N) is 3. The number of halogens is 1. The molecule has 0 radical (unpaired) electrons. The second-order valence-electron chi connectivity index (χ2n) is 8.11. The predicted octanol–water partition coefficient (Wildman–Crippen LogP) is 6.04. The third-order valence-electron chi connectivity index (χ3n) is 5.99. The minimum atomic E-state index is -1.46. The summed E-state index contributed by atoms with van der Waals surface area (Å²) >= 11 is 7.62. The quantitative estimate of drug-likeness (QED) is 0.292. The first kappa shape index (κ1) is 23.4. The van der Waals surface area contributed by atoms with Gasteiger partial charge in [0.25, 0.3) is 0 Å². The second-order valence-corrected chi connectivity index (χ2v) is 9.82. The number of aromatic nitrogens is 3. The zero-order chi connectivity index (χ0) is 24.6.